The second-order valence-electron chi connectivity index (χ2n) is 4.97. The van der Waals surface area contributed by atoms with E-state index < -0.39 is 0 Å². The van der Waals surface area contributed by atoms with E-state index in [1.54, 1.807) is 0 Å². The van der Waals surface area contributed by atoms with Gasteiger partial charge in [-0.3, -0.25) is 0 Å². The molecule has 21 heavy (non-hydrogen) atoms. The first-order valence-corrected chi connectivity index (χ1v) is 9.23. The molecule has 0 aliphatic carbocycles. The Labute approximate surface area is 145 Å². The lowest BCUT2D eigenvalue weighted by Gasteiger charge is -2.18. The third kappa shape index (κ3) is 3.24. The van der Waals surface area contributed by atoms with Crippen LogP contribution in [0.5, 0.6) is 0 Å². The molecule has 3 rings (SSSR count). The van der Waals surface area contributed by atoms with Crippen LogP contribution >= 0.6 is 43.2 Å². The van der Waals surface area contributed by atoms with Crippen LogP contribution in [0, 0.1) is 0 Å². The molecule has 1 unspecified atom stereocenters. The lowest BCUT2D eigenvalue weighted by molar-refractivity contribution is 0.592. The van der Waals surface area contributed by atoms with Gasteiger partial charge in [0.2, 0.25) is 0 Å². The summed E-state index contributed by atoms with van der Waals surface area (Å²) in [6.07, 6.45) is 0.987. The van der Waals surface area contributed by atoms with Crippen LogP contribution in [0.3, 0.4) is 0 Å². The highest BCUT2D eigenvalue weighted by atomic mass is 79.9. The van der Waals surface area contributed by atoms with Crippen molar-refractivity contribution in [2.75, 3.05) is 7.05 Å². The molecule has 0 radical (unpaired) electrons. The number of fused-ring (bicyclic) bond motifs is 1. The average molecular weight is 425 g/mol. The molecule has 1 atom stereocenters. The van der Waals surface area contributed by atoms with Crippen LogP contribution in [0.4, 0.5) is 0 Å². The predicted octanol–water partition coefficient (Wildman–Crippen LogP) is 5.93. The highest BCUT2D eigenvalue weighted by Crippen LogP contribution is 2.32. The molecule has 1 heterocycles. The predicted molar refractivity (Wildman–Crippen MR) is 99.2 cm³/mol. The second-order valence-corrected chi connectivity index (χ2v) is 7.65. The van der Waals surface area contributed by atoms with Gasteiger partial charge in [0.25, 0.3) is 0 Å². The van der Waals surface area contributed by atoms with Gasteiger partial charge in [-0.25, -0.2) is 0 Å². The fraction of sp³-hybridized carbons (Fsp3) is 0.176. The van der Waals surface area contributed by atoms with Crippen molar-refractivity contribution in [1.29, 1.82) is 0 Å². The lowest BCUT2D eigenvalue weighted by Crippen LogP contribution is -2.19. The molecule has 1 N–H and O–H groups in total. The number of rotatable bonds is 4. The number of hydrogen-bond donors (Lipinski definition) is 1. The highest BCUT2D eigenvalue weighted by molar-refractivity contribution is 9.11. The maximum absolute atomic E-state index is 3.67. The summed E-state index contributed by atoms with van der Waals surface area (Å²) in [7, 11) is 2.02. The molecular formula is C17H15Br2NS. The van der Waals surface area contributed by atoms with Gasteiger partial charge in [-0.2, -0.15) is 0 Å². The normalized spacial score (nSPS) is 12.7. The topological polar surface area (TPSA) is 12.0 Å². The number of nitrogens with one attached hydrogen (secondary N) is 1. The van der Waals surface area contributed by atoms with Crippen LogP contribution in [0.25, 0.3) is 10.1 Å². The van der Waals surface area contributed by atoms with Crippen LogP contribution in [0.15, 0.2) is 56.8 Å². The van der Waals surface area contributed by atoms with Gasteiger partial charge in [0, 0.05) is 19.7 Å². The second kappa shape index (κ2) is 6.61. The van der Waals surface area contributed by atoms with Crippen molar-refractivity contribution in [3.8, 4) is 0 Å². The molecule has 0 spiro atoms. The Morgan fingerprint density at radius 3 is 2.71 bits per heavy atom. The zero-order valence-corrected chi connectivity index (χ0v) is 15.6. The van der Waals surface area contributed by atoms with Crippen molar-refractivity contribution in [2.45, 2.75) is 12.5 Å². The van der Waals surface area contributed by atoms with Gasteiger partial charge in [-0.15, -0.1) is 11.3 Å². The quantitative estimate of drug-likeness (QED) is 0.547. The summed E-state index contributed by atoms with van der Waals surface area (Å²) in [5.41, 5.74) is 2.70. The fourth-order valence-corrected chi connectivity index (χ4v) is 4.86. The molecule has 4 heteroatoms. The molecule has 0 aliphatic heterocycles. The van der Waals surface area contributed by atoms with Crippen LogP contribution in [0.2, 0.25) is 0 Å². The number of thiophene rings is 1. The third-order valence-electron chi connectivity index (χ3n) is 3.67. The first-order chi connectivity index (χ1) is 10.2. The van der Waals surface area contributed by atoms with Crippen LogP contribution in [0.1, 0.15) is 17.2 Å². The summed E-state index contributed by atoms with van der Waals surface area (Å²) in [6, 6.07) is 15.3. The maximum Gasteiger partial charge on any atom is 0.0370 e. The van der Waals surface area contributed by atoms with E-state index in [4.69, 9.17) is 0 Å². The van der Waals surface area contributed by atoms with E-state index in [-0.39, 0.29) is 0 Å². The largest absolute Gasteiger partial charge is 0.313 e. The monoisotopic (exact) mass is 423 g/mol. The molecule has 0 fully saturated rings. The van der Waals surface area contributed by atoms with Gasteiger partial charge in [-0.1, -0.05) is 56.1 Å². The van der Waals surface area contributed by atoms with Gasteiger partial charge >= 0.3 is 0 Å². The van der Waals surface area contributed by atoms with E-state index >= 15 is 0 Å². The number of benzene rings is 2. The first kappa shape index (κ1) is 15.2. The Morgan fingerprint density at radius 2 is 1.95 bits per heavy atom. The minimum absolute atomic E-state index is 0.297. The Bertz CT molecular complexity index is 766. The first-order valence-electron chi connectivity index (χ1n) is 6.76. The van der Waals surface area contributed by atoms with Gasteiger partial charge in [0.05, 0.1) is 0 Å². The van der Waals surface area contributed by atoms with E-state index in [2.05, 4.69) is 85.0 Å². The molecule has 108 valence electrons. The van der Waals surface area contributed by atoms with Crippen LogP contribution in [-0.4, -0.2) is 7.05 Å². The van der Waals surface area contributed by atoms with Crippen molar-refractivity contribution < 1.29 is 0 Å². The van der Waals surface area contributed by atoms with Crippen molar-refractivity contribution in [2.24, 2.45) is 0 Å². The molecule has 2 aromatic carbocycles. The molecule has 3 aromatic rings. The standard InChI is InChI=1S/C17H15Br2NS/c1-20-16(14-7-6-12(18)9-15(14)19)8-11-10-21-17-5-3-2-4-13(11)17/h2-7,9-10,16,20H,8H2,1H3. The summed E-state index contributed by atoms with van der Waals surface area (Å²) in [4.78, 5) is 0. The van der Waals surface area contributed by atoms with Crippen LogP contribution < -0.4 is 5.32 Å². The SMILES string of the molecule is CNC(Cc1csc2ccccc12)c1ccc(Br)cc1Br. The van der Waals surface area contributed by atoms with E-state index in [0.717, 1.165) is 15.4 Å². The van der Waals surface area contributed by atoms with Gasteiger partial charge < -0.3 is 5.32 Å². The average Bonchev–Trinajstić information content (AvgIpc) is 2.89. The highest BCUT2D eigenvalue weighted by Gasteiger charge is 2.15. The Hall–Kier alpha value is -0.680. The number of hydrogen-bond acceptors (Lipinski definition) is 2. The molecule has 0 amide bonds. The van der Waals surface area contributed by atoms with E-state index in [0.29, 0.717) is 6.04 Å². The molecule has 1 aromatic heterocycles. The van der Waals surface area contributed by atoms with Crippen molar-refractivity contribution >= 4 is 53.3 Å². The summed E-state index contributed by atoms with van der Waals surface area (Å²) < 4.78 is 3.59. The Balaban J connectivity index is 1.94. The number of halogens is 2. The summed E-state index contributed by atoms with van der Waals surface area (Å²) in [5.74, 6) is 0. The fourth-order valence-electron chi connectivity index (χ4n) is 2.56. The van der Waals surface area contributed by atoms with Gasteiger partial charge in [0.1, 0.15) is 0 Å². The summed E-state index contributed by atoms with van der Waals surface area (Å²) in [6.45, 7) is 0. The van der Waals surface area contributed by atoms with E-state index in [9.17, 15) is 0 Å². The molecule has 0 bridgehead atoms. The summed E-state index contributed by atoms with van der Waals surface area (Å²) >= 11 is 9.01. The third-order valence-corrected chi connectivity index (χ3v) is 5.86. The van der Waals surface area contributed by atoms with Crippen LogP contribution in [-0.2, 0) is 6.42 Å². The smallest absolute Gasteiger partial charge is 0.0370 e. The Kier molecular flexibility index (Phi) is 4.79. The number of likely N-dealkylation sites (N-methyl/N-ethyl adjacent to an activating group) is 1. The molecule has 0 saturated heterocycles. The van der Waals surface area contributed by atoms with Gasteiger partial charge in [0.15, 0.2) is 0 Å². The van der Waals surface area contributed by atoms with Gasteiger partial charge in [-0.05, 0) is 53.6 Å². The Morgan fingerprint density at radius 1 is 1.14 bits per heavy atom. The zero-order valence-electron chi connectivity index (χ0n) is 11.6. The molecule has 0 aliphatic rings. The molecule has 1 nitrogen and oxygen atoms in total. The van der Waals surface area contributed by atoms with Crippen molar-refractivity contribution in [1.82, 2.24) is 5.32 Å². The maximum atomic E-state index is 3.67. The van der Waals surface area contributed by atoms with Crippen molar-refractivity contribution in [3.63, 3.8) is 0 Å². The summed E-state index contributed by atoms with van der Waals surface area (Å²) in [5, 5.41) is 7.09. The van der Waals surface area contributed by atoms with E-state index in [1.165, 1.54) is 21.2 Å². The van der Waals surface area contributed by atoms with Crippen molar-refractivity contribution in [3.05, 3.63) is 67.9 Å². The minimum atomic E-state index is 0.297. The molecule has 0 saturated carbocycles. The zero-order chi connectivity index (χ0) is 14.8. The minimum Gasteiger partial charge on any atom is -0.313 e. The van der Waals surface area contributed by atoms with E-state index in [1.807, 2.05) is 18.4 Å². The lowest BCUT2D eigenvalue weighted by atomic mass is 9.99. The molecular weight excluding hydrogens is 410 g/mol.